The third-order valence-corrected chi connectivity index (χ3v) is 4.15. The Morgan fingerprint density at radius 2 is 1.88 bits per heavy atom. The molecule has 1 rings (SSSR count). The van der Waals surface area contributed by atoms with E-state index < -0.39 is 5.60 Å². The third kappa shape index (κ3) is 4.23. The van der Waals surface area contributed by atoms with Crippen LogP contribution in [0.3, 0.4) is 0 Å². The number of aliphatic hydroxyl groups is 1. The van der Waals surface area contributed by atoms with Crippen molar-refractivity contribution in [2.45, 2.75) is 58.0 Å². The summed E-state index contributed by atoms with van der Waals surface area (Å²) in [5.41, 5.74) is 5.15. The number of nitrogens with two attached hydrogens (primary N) is 1. The molecule has 0 aromatic heterocycles. The highest BCUT2D eigenvalue weighted by Gasteiger charge is 2.39. The molecule has 17 heavy (non-hydrogen) atoms. The molecule has 1 saturated carbocycles. The molecule has 2 unspecified atom stereocenters. The van der Waals surface area contributed by atoms with Crippen LogP contribution in [-0.4, -0.2) is 41.8 Å². The lowest BCUT2D eigenvalue weighted by molar-refractivity contribution is 0.00456. The Morgan fingerprint density at radius 1 is 1.24 bits per heavy atom. The van der Waals surface area contributed by atoms with E-state index in [1.54, 1.807) is 0 Å². The van der Waals surface area contributed by atoms with Gasteiger partial charge >= 0.3 is 0 Å². The first-order valence-electron chi connectivity index (χ1n) is 7.31. The second-order valence-corrected chi connectivity index (χ2v) is 5.53. The van der Waals surface area contributed by atoms with Gasteiger partial charge < -0.3 is 15.7 Å². The normalized spacial score (nSPS) is 29.1. The van der Waals surface area contributed by atoms with Gasteiger partial charge in [-0.05, 0) is 57.7 Å². The average molecular weight is 242 g/mol. The van der Waals surface area contributed by atoms with E-state index in [4.69, 9.17) is 5.73 Å². The summed E-state index contributed by atoms with van der Waals surface area (Å²) in [4.78, 5) is 2.52. The van der Waals surface area contributed by atoms with E-state index in [-0.39, 0.29) is 0 Å². The molecule has 1 aliphatic carbocycles. The van der Waals surface area contributed by atoms with Crippen LogP contribution in [-0.2, 0) is 0 Å². The Bertz CT molecular complexity index is 204. The van der Waals surface area contributed by atoms with E-state index in [0.717, 1.165) is 32.2 Å². The van der Waals surface area contributed by atoms with Crippen molar-refractivity contribution in [2.24, 2.45) is 11.7 Å². The van der Waals surface area contributed by atoms with Crippen molar-refractivity contribution in [1.29, 1.82) is 0 Å². The number of hydrogen-bond donors (Lipinski definition) is 2. The smallest absolute Gasteiger partial charge is 0.0797 e. The van der Waals surface area contributed by atoms with Crippen molar-refractivity contribution >= 4 is 0 Å². The van der Waals surface area contributed by atoms with Gasteiger partial charge in [-0.25, -0.2) is 0 Å². The van der Waals surface area contributed by atoms with Crippen LogP contribution in [0.5, 0.6) is 0 Å². The molecule has 102 valence electrons. The molecule has 3 heteroatoms. The van der Waals surface area contributed by atoms with Crippen LogP contribution in [0.15, 0.2) is 0 Å². The zero-order chi connectivity index (χ0) is 12.7. The second-order valence-electron chi connectivity index (χ2n) is 5.53. The zero-order valence-corrected chi connectivity index (χ0v) is 11.6. The molecule has 3 N–H and O–H groups in total. The molecule has 0 radical (unpaired) electrons. The monoisotopic (exact) mass is 242 g/mol. The summed E-state index contributed by atoms with van der Waals surface area (Å²) in [7, 11) is 0. The molecule has 0 saturated heterocycles. The van der Waals surface area contributed by atoms with Gasteiger partial charge in [-0.2, -0.15) is 0 Å². The van der Waals surface area contributed by atoms with Crippen molar-refractivity contribution in [1.82, 2.24) is 4.90 Å². The van der Waals surface area contributed by atoms with E-state index in [0.29, 0.717) is 12.5 Å². The highest BCUT2D eigenvalue weighted by Crippen LogP contribution is 2.37. The van der Waals surface area contributed by atoms with E-state index in [9.17, 15) is 5.11 Å². The first-order valence-corrected chi connectivity index (χ1v) is 7.31. The maximum Gasteiger partial charge on any atom is 0.0797 e. The second kappa shape index (κ2) is 7.34. The van der Waals surface area contributed by atoms with Crippen LogP contribution in [0, 0.1) is 5.92 Å². The van der Waals surface area contributed by atoms with Crippen molar-refractivity contribution < 1.29 is 5.11 Å². The van der Waals surface area contributed by atoms with Crippen LogP contribution in [0.1, 0.15) is 52.4 Å². The number of rotatable bonds is 8. The predicted molar refractivity (Wildman–Crippen MR) is 73.0 cm³/mol. The molecule has 1 aliphatic rings. The van der Waals surface area contributed by atoms with Crippen molar-refractivity contribution in [2.75, 3.05) is 26.2 Å². The maximum atomic E-state index is 10.4. The lowest BCUT2D eigenvalue weighted by atomic mass is 9.88. The first kappa shape index (κ1) is 14.9. The number of hydrogen-bond acceptors (Lipinski definition) is 3. The number of nitrogens with zero attached hydrogens (tertiary/aromatic N) is 1. The summed E-state index contributed by atoms with van der Waals surface area (Å²) in [6.45, 7) is 8.38. The Kier molecular flexibility index (Phi) is 6.45. The van der Waals surface area contributed by atoms with Crippen LogP contribution < -0.4 is 5.73 Å². The lowest BCUT2D eigenvalue weighted by Gasteiger charge is -2.31. The first-order chi connectivity index (χ1) is 8.16. The van der Waals surface area contributed by atoms with Crippen LogP contribution in [0.4, 0.5) is 0 Å². The third-order valence-electron chi connectivity index (χ3n) is 4.15. The van der Waals surface area contributed by atoms with Gasteiger partial charge in [-0.15, -0.1) is 0 Å². The Balaban J connectivity index is 2.37. The van der Waals surface area contributed by atoms with Crippen LogP contribution in [0.2, 0.25) is 0 Å². The lowest BCUT2D eigenvalue weighted by Crippen LogP contribution is -2.42. The predicted octanol–water partition coefficient (Wildman–Crippen LogP) is 1.99. The highest BCUT2D eigenvalue weighted by molar-refractivity contribution is 4.93. The SMILES string of the molecule is CCCN(CCC)CCC1CCCC1(O)CN. The topological polar surface area (TPSA) is 49.5 Å². The summed E-state index contributed by atoms with van der Waals surface area (Å²) < 4.78 is 0. The van der Waals surface area contributed by atoms with Crippen molar-refractivity contribution in [3.05, 3.63) is 0 Å². The minimum atomic E-state index is -0.565. The Morgan fingerprint density at radius 3 is 2.41 bits per heavy atom. The Labute approximate surface area is 106 Å². The molecular weight excluding hydrogens is 212 g/mol. The van der Waals surface area contributed by atoms with Crippen molar-refractivity contribution in [3.63, 3.8) is 0 Å². The van der Waals surface area contributed by atoms with Gasteiger partial charge in [0.05, 0.1) is 5.60 Å². The van der Waals surface area contributed by atoms with Gasteiger partial charge in [-0.3, -0.25) is 0 Å². The fraction of sp³-hybridized carbons (Fsp3) is 1.00. The fourth-order valence-corrected chi connectivity index (χ4v) is 3.12. The molecule has 0 amide bonds. The van der Waals surface area contributed by atoms with Crippen molar-refractivity contribution in [3.8, 4) is 0 Å². The van der Waals surface area contributed by atoms with E-state index in [1.807, 2.05) is 0 Å². The van der Waals surface area contributed by atoms with Gasteiger partial charge in [0.1, 0.15) is 0 Å². The van der Waals surface area contributed by atoms with Gasteiger partial charge in [-0.1, -0.05) is 20.3 Å². The maximum absolute atomic E-state index is 10.4. The zero-order valence-electron chi connectivity index (χ0n) is 11.6. The Hall–Kier alpha value is -0.120. The largest absolute Gasteiger partial charge is 0.388 e. The minimum absolute atomic E-state index is 0.420. The van der Waals surface area contributed by atoms with E-state index in [2.05, 4.69) is 18.7 Å². The van der Waals surface area contributed by atoms with Crippen LogP contribution in [0.25, 0.3) is 0 Å². The quantitative estimate of drug-likeness (QED) is 0.684. The summed E-state index contributed by atoms with van der Waals surface area (Å²) in [6, 6.07) is 0. The summed E-state index contributed by atoms with van der Waals surface area (Å²) >= 11 is 0. The molecule has 2 atom stereocenters. The minimum Gasteiger partial charge on any atom is -0.388 e. The molecular formula is C14H30N2O. The average Bonchev–Trinajstić information content (AvgIpc) is 2.69. The standard InChI is InChI=1S/C14H30N2O/c1-3-9-16(10-4-2)11-7-13-6-5-8-14(13,17)12-15/h13,17H,3-12,15H2,1-2H3. The summed E-state index contributed by atoms with van der Waals surface area (Å²) in [5, 5.41) is 10.4. The van der Waals surface area contributed by atoms with Gasteiger partial charge in [0.2, 0.25) is 0 Å². The molecule has 0 aromatic rings. The molecule has 1 fully saturated rings. The highest BCUT2D eigenvalue weighted by atomic mass is 16.3. The molecule has 0 heterocycles. The van der Waals surface area contributed by atoms with Gasteiger partial charge in [0.15, 0.2) is 0 Å². The van der Waals surface area contributed by atoms with Crippen LogP contribution >= 0.6 is 0 Å². The summed E-state index contributed by atoms with van der Waals surface area (Å²) in [5.74, 6) is 0.420. The van der Waals surface area contributed by atoms with E-state index >= 15 is 0 Å². The van der Waals surface area contributed by atoms with E-state index in [1.165, 1.54) is 25.9 Å². The van der Waals surface area contributed by atoms with Gasteiger partial charge in [0.25, 0.3) is 0 Å². The summed E-state index contributed by atoms with van der Waals surface area (Å²) in [6.07, 6.45) is 6.72. The van der Waals surface area contributed by atoms with Gasteiger partial charge in [0, 0.05) is 6.54 Å². The molecule has 0 aliphatic heterocycles. The molecule has 0 bridgehead atoms. The molecule has 0 aromatic carbocycles. The fourth-order valence-electron chi connectivity index (χ4n) is 3.12. The molecule has 3 nitrogen and oxygen atoms in total. The molecule has 0 spiro atoms.